The Morgan fingerprint density at radius 3 is 2.10 bits per heavy atom. The summed E-state index contributed by atoms with van der Waals surface area (Å²) >= 11 is 6.02. The molecule has 29 heavy (non-hydrogen) atoms. The number of hydrogen-bond donors (Lipinski definition) is 0. The molecule has 0 spiro atoms. The second-order valence-electron chi connectivity index (χ2n) is 7.30. The van der Waals surface area contributed by atoms with Gasteiger partial charge in [-0.2, -0.15) is 0 Å². The molecule has 0 aliphatic carbocycles. The first kappa shape index (κ1) is 21.7. The maximum Gasteiger partial charge on any atom is 0.261 e. The molecule has 0 radical (unpaired) electrons. The second-order valence-corrected chi connectivity index (χ2v) is 12.5. The summed E-state index contributed by atoms with van der Waals surface area (Å²) < 4.78 is 19.7. The largest absolute Gasteiger partial charge is 0.403 e. The molecule has 2 aromatic carbocycles. The van der Waals surface area contributed by atoms with Crippen molar-refractivity contribution in [1.82, 2.24) is 4.90 Å². The van der Waals surface area contributed by atoms with Gasteiger partial charge in [0.1, 0.15) is 5.82 Å². The van der Waals surface area contributed by atoms with Crippen molar-refractivity contribution in [3.63, 3.8) is 0 Å². The van der Waals surface area contributed by atoms with Crippen molar-refractivity contribution >= 4 is 31.7 Å². The molecule has 7 heteroatoms. The van der Waals surface area contributed by atoms with Crippen LogP contribution < -0.4 is 0 Å². The first-order valence-electron chi connectivity index (χ1n) is 9.92. The first-order valence-corrected chi connectivity index (χ1v) is 12.8. The Labute approximate surface area is 176 Å². The van der Waals surface area contributed by atoms with Crippen LogP contribution in [-0.4, -0.2) is 31.1 Å². The maximum atomic E-state index is 13.2. The van der Waals surface area contributed by atoms with Gasteiger partial charge in [0.15, 0.2) is 14.4 Å². The molecule has 0 aromatic heterocycles. The number of rotatable bonds is 7. The Hall–Kier alpha value is -2.02. The van der Waals surface area contributed by atoms with Crippen LogP contribution in [0.2, 0.25) is 23.2 Å². The van der Waals surface area contributed by atoms with Gasteiger partial charge in [-0.1, -0.05) is 44.5 Å². The average molecular weight is 434 g/mol. The minimum absolute atomic E-state index is 0.266. The minimum Gasteiger partial charge on any atom is -0.403 e. The van der Waals surface area contributed by atoms with Crippen LogP contribution in [0.15, 0.2) is 48.5 Å². The molecule has 0 bridgehead atoms. The zero-order valence-electron chi connectivity index (χ0n) is 16.8. The Morgan fingerprint density at radius 2 is 1.59 bits per heavy atom. The van der Waals surface area contributed by atoms with Crippen molar-refractivity contribution in [2.24, 2.45) is 0 Å². The molecule has 0 unspecified atom stereocenters. The number of hydrogen-bond acceptors (Lipinski definition) is 3. The van der Waals surface area contributed by atoms with E-state index in [0.29, 0.717) is 5.02 Å². The van der Waals surface area contributed by atoms with Gasteiger partial charge in [-0.25, -0.2) is 4.39 Å². The summed E-state index contributed by atoms with van der Waals surface area (Å²) in [6.07, 6.45) is -0.688. The maximum absolute atomic E-state index is 13.2. The van der Waals surface area contributed by atoms with Gasteiger partial charge in [0, 0.05) is 10.6 Å². The fourth-order valence-electron chi connectivity index (χ4n) is 3.79. The van der Waals surface area contributed by atoms with E-state index in [1.807, 2.05) is 12.1 Å². The summed E-state index contributed by atoms with van der Waals surface area (Å²) in [6.45, 7) is 6.29. The van der Waals surface area contributed by atoms with Gasteiger partial charge in [0.25, 0.3) is 11.8 Å². The topological polar surface area (TPSA) is 46.6 Å². The van der Waals surface area contributed by atoms with Crippen LogP contribution in [0.3, 0.4) is 0 Å². The van der Waals surface area contributed by atoms with Crippen molar-refractivity contribution in [2.75, 3.05) is 0 Å². The van der Waals surface area contributed by atoms with Crippen molar-refractivity contribution in [3.8, 4) is 0 Å². The molecule has 1 aliphatic heterocycles. The molecular weight excluding hydrogens is 409 g/mol. The van der Waals surface area contributed by atoms with Crippen LogP contribution in [0.5, 0.6) is 0 Å². The van der Waals surface area contributed by atoms with E-state index in [1.165, 1.54) is 29.2 Å². The summed E-state index contributed by atoms with van der Waals surface area (Å²) in [4.78, 5) is 27.3. The predicted octanol–water partition coefficient (Wildman–Crippen LogP) is 5.59. The van der Waals surface area contributed by atoms with Crippen LogP contribution in [-0.2, 0) is 9.22 Å². The van der Waals surface area contributed by atoms with Gasteiger partial charge >= 0.3 is 0 Å². The predicted molar refractivity (Wildman–Crippen MR) is 114 cm³/mol. The van der Waals surface area contributed by atoms with E-state index < -0.39 is 32.2 Å². The monoisotopic (exact) mass is 433 g/mol. The van der Waals surface area contributed by atoms with E-state index in [-0.39, 0.29) is 11.5 Å². The third-order valence-corrected chi connectivity index (χ3v) is 10.7. The van der Waals surface area contributed by atoms with Crippen molar-refractivity contribution in [3.05, 3.63) is 70.5 Å². The molecular formula is C22H25ClFNO3Si. The molecule has 0 N–H and O–H groups in total. The third kappa shape index (κ3) is 4.15. The van der Waals surface area contributed by atoms with E-state index in [2.05, 4.69) is 20.8 Å². The zero-order chi connectivity index (χ0) is 21.2. The highest BCUT2D eigenvalue weighted by molar-refractivity contribution is 6.73. The molecule has 2 aromatic rings. The van der Waals surface area contributed by atoms with Crippen LogP contribution in [0.1, 0.15) is 42.7 Å². The minimum atomic E-state index is -2.06. The van der Waals surface area contributed by atoms with E-state index in [0.717, 1.165) is 23.7 Å². The molecule has 3 rings (SSSR count). The number of halogens is 2. The molecule has 1 saturated heterocycles. The second kappa shape index (κ2) is 8.77. The normalized spacial score (nSPS) is 19.2. The number of amides is 2. The lowest BCUT2D eigenvalue weighted by Gasteiger charge is -2.48. The molecule has 1 aliphatic rings. The molecule has 4 nitrogen and oxygen atoms in total. The van der Waals surface area contributed by atoms with Gasteiger partial charge in [0.05, 0.1) is 6.04 Å². The number of carbonyl (C=O) groups is 2. The SMILES string of the molecule is CC[Si](CC)(CC)O[C@@H]1C(=O)N(C(=O)c2ccc(F)cc2)[C@@H]1c1ccc(Cl)cc1. The van der Waals surface area contributed by atoms with Crippen LogP contribution >= 0.6 is 11.6 Å². The van der Waals surface area contributed by atoms with Crippen molar-refractivity contribution in [1.29, 1.82) is 0 Å². The quantitative estimate of drug-likeness (QED) is 0.324. The fraction of sp³-hybridized carbons (Fsp3) is 0.364. The van der Waals surface area contributed by atoms with Gasteiger partial charge in [-0.05, 0) is 60.1 Å². The molecule has 1 heterocycles. The molecule has 2 amide bonds. The van der Waals surface area contributed by atoms with Crippen LogP contribution in [0.4, 0.5) is 4.39 Å². The lowest BCUT2D eigenvalue weighted by Crippen LogP contribution is -2.64. The lowest BCUT2D eigenvalue weighted by molar-refractivity contribution is -0.158. The number of likely N-dealkylation sites (tertiary alicyclic amines) is 1. The molecule has 1 fully saturated rings. The number of β-lactam (4-membered cyclic amide) rings is 1. The van der Waals surface area contributed by atoms with Gasteiger partial charge < -0.3 is 4.43 Å². The van der Waals surface area contributed by atoms with E-state index >= 15 is 0 Å². The summed E-state index contributed by atoms with van der Waals surface area (Å²) in [7, 11) is -2.06. The van der Waals surface area contributed by atoms with Crippen LogP contribution in [0.25, 0.3) is 0 Å². The molecule has 0 saturated carbocycles. The Kier molecular flexibility index (Phi) is 6.56. The Balaban J connectivity index is 1.95. The van der Waals surface area contributed by atoms with Gasteiger partial charge in [-0.3, -0.25) is 14.5 Å². The van der Waals surface area contributed by atoms with Crippen LogP contribution in [0, 0.1) is 5.82 Å². The number of carbonyl (C=O) groups excluding carboxylic acids is 2. The standard InChI is InChI=1S/C22H25ClFNO3Si/c1-4-29(5-2,6-3)28-20-19(15-7-11-17(23)12-8-15)25(22(20)27)21(26)16-9-13-18(24)14-10-16/h7-14,19-20H,4-6H2,1-3H3/t19-,20+/m1/s1. The summed E-state index contributed by atoms with van der Waals surface area (Å²) in [5.41, 5.74) is 1.06. The Morgan fingerprint density at radius 1 is 1.03 bits per heavy atom. The lowest BCUT2D eigenvalue weighted by atomic mass is 9.90. The highest BCUT2D eigenvalue weighted by Gasteiger charge is 2.54. The summed E-state index contributed by atoms with van der Waals surface area (Å²) in [5.74, 6) is -1.23. The zero-order valence-corrected chi connectivity index (χ0v) is 18.6. The Bertz CT molecular complexity index is 876. The number of benzene rings is 2. The molecule has 2 atom stereocenters. The van der Waals surface area contributed by atoms with Crippen molar-refractivity contribution < 1.29 is 18.4 Å². The number of nitrogens with zero attached hydrogens (tertiary/aromatic N) is 1. The van der Waals surface area contributed by atoms with Gasteiger partial charge in [-0.15, -0.1) is 0 Å². The van der Waals surface area contributed by atoms with Crippen molar-refractivity contribution in [2.45, 2.75) is 51.0 Å². The first-order chi connectivity index (χ1) is 13.9. The fourth-order valence-corrected chi connectivity index (χ4v) is 6.68. The highest BCUT2D eigenvalue weighted by Crippen LogP contribution is 2.41. The van der Waals surface area contributed by atoms with Gasteiger partial charge in [0.2, 0.25) is 0 Å². The van der Waals surface area contributed by atoms with E-state index in [4.69, 9.17) is 16.0 Å². The summed E-state index contributed by atoms with van der Waals surface area (Å²) in [5, 5.41) is 0.577. The van der Waals surface area contributed by atoms with E-state index in [9.17, 15) is 14.0 Å². The molecule has 154 valence electrons. The number of imide groups is 1. The van der Waals surface area contributed by atoms with E-state index in [1.54, 1.807) is 12.1 Å². The smallest absolute Gasteiger partial charge is 0.261 e. The highest BCUT2D eigenvalue weighted by atomic mass is 35.5. The average Bonchev–Trinajstić information content (AvgIpc) is 2.74. The third-order valence-electron chi connectivity index (χ3n) is 5.88. The summed E-state index contributed by atoms with van der Waals surface area (Å²) in [6, 6.07) is 14.5.